The summed E-state index contributed by atoms with van der Waals surface area (Å²) in [6, 6.07) is 8.42. The number of fused-ring (bicyclic) bond motifs is 1. The first-order chi connectivity index (χ1) is 11.6. The molecule has 0 aromatic heterocycles. The number of halogens is 2. The van der Waals surface area contributed by atoms with Crippen molar-refractivity contribution in [3.05, 3.63) is 59.2 Å². The third-order valence-electron chi connectivity index (χ3n) is 3.97. The third-order valence-corrected chi connectivity index (χ3v) is 3.97. The van der Waals surface area contributed by atoms with Gasteiger partial charge in [-0.3, -0.25) is 0 Å². The maximum absolute atomic E-state index is 13.5. The number of benzene rings is 2. The second-order valence-electron chi connectivity index (χ2n) is 5.61. The Bertz CT molecular complexity index is 765. The highest BCUT2D eigenvalue weighted by Crippen LogP contribution is 2.24. The zero-order valence-electron chi connectivity index (χ0n) is 13.3. The zero-order chi connectivity index (χ0) is 17.1. The van der Waals surface area contributed by atoms with Crippen molar-refractivity contribution in [1.82, 2.24) is 4.90 Å². The predicted octanol–water partition coefficient (Wildman–Crippen LogP) is 3.95. The van der Waals surface area contributed by atoms with Crippen LogP contribution < -0.4 is 10.1 Å². The number of rotatable bonds is 2. The topological polar surface area (TPSA) is 41.6 Å². The monoisotopic (exact) mass is 332 g/mol. The van der Waals surface area contributed by atoms with Crippen LogP contribution in [0.4, 0.5) is 19.3 Å². The summed E-state index contributed by atoms with van der Waals surface area (Å²) >= 11 is 0. The first-order valence-corrected chi connectivity index (χ1v) is 7.82. The minimum Gasteiger partial charge on any atom is -0.491 e. The van der Waals surface area contributed by atoms with Gasteiger partial charge in [-0.1, -0.05) is 6.92 Å². The van der Waals surface area contributed by atoms with Crippen LogP contribution >= 0.6 is 0 Å². The lowest BCUT2D eigenvalue weighted by Gasteiger charge is -2.20. The summed E-state index contributed by atoms with van der Waals surface area (Å²) in [5.74, 6) is -0.0736. The predicted molar refractivity (Wildman–Crippen MR) is 87.1 cm³/mol. The molecule has 0 atom stereocenters. The molecule has 0 saturated carbocycles. The summed E-state index contributed by atoms with van der Waals surface area (Å²) < 4.78 is 32.5. The maximum Gasteiger partial charge on any atom is 0.322 e. The van der Waals surface area contributed by atoms with Crippen molar-refractivity contribution in [2.24, 2.45) is 0 Å². The molecule has 3 rings (SSSR count). The van der Waals surface area contributed by atoms with Crippen molar-refractivity contribution >= 4 is 11.7 Å². The normalized spacial score (nSPS) is 13.7. The Balaban J connectivity index is 1.75. The molecule has 0 bridgehead atoms. The lowest BCUT2D eigenvalue weighted by molar-refractivity contribution is 0.200. The molecule has 2 aromatic rings. The van der Waals surface area contributed by atoms with E-state index in [4.69, 9.17) is 4.74 Å². The van der Waals surface area contributed by atoms with Crippen molar-refractivity contribution in [3.8, 4) is 5.75 Å². The van der Waals surface area contributed by atoms with Gasteiger partial charge in [0.2, 0.25) is 0 Å². The molecule has 1 N–H and O–H groups in total. The Hall–Kier alpha value is -2.63. The molecule has 0 aliphatic carbocycles. The molecule has 126 valence electrons. The van der Waals surface area contributed by atoms with Crippen LogP contribution in [0.25, 0.3) is 0 Å². The van der Waals surface area contributed by atoms with Crippen LogP contribution in [-0.2, 0) is 13.0 Å². The number of carbonyl (C=O) groups excluding carboxylic acids is 1. The van der Waals surface area contributed by atoms with Crippen LogP contribution in [0.2, 0.25) is 0 Å². The molecule has 6 heteroatoms. The van der Waals surface area contributed by atoms with Crippen molar-refractivity contribution in [2.75, 3.05) is 18.5 Å². The van der Waals surface area contributed by atoms with Crippen LogP contribution in [0.5, 0.6) is 5.75 Å². The molecule has 0 fully saturated rings. The number of carbonyl (C=O) groups is 1. The number of nitrogens with zero attached hydrogens (tertiary/aromatic N) is 1. The third kappa shape index (κ3) is 3.48. The van der Waals surface area contributed by atoms with E-state index >= 15 is 0 Å². The van der Waals surface area contributed by atoms with E-state index < -0.39 is 0 Å². The lowest BCUT2D eigenvalue weighted by atomic mass is 10.1. The fourth-order valence-electron chi connectivity index (χ4n) is 2.66. The molecule has 0 unspecified atom stereocenters. The Morgan fingerprint density at radius 2 is 2.08 bits per heavy atom. The average molecular weight is 332 g/mol. The van der Waals surface area contributed by atoms with E-state index in [9.17, 15) is 13.6 Å². The first kappa shape index (κ1) is 16.2. The molecule has 2 amide bonds. The standard InChI is InChI=1S/C18H18F2N2O2/c1-2-12-10-15(4-5-16(12)20)21-18(23)22-7-8-24-17-6-3-14(19)9-13(17)11-22/h3-6,9-10H,2,7-8,11H2,1H3,(H,21,23). The summed E-state index contributed by atoms with van der Waals surface area (Å²) in [6.45, 7) is 2.81. The van der Waals surface area contributed by atoms with E-state index in [2.05, 4.69) is 5.32 Å². The summed E-state index contributed by atoms with van der Waals surface area (Å²) in [7, 11) is 0. The highest BCUT2D eigenvalue weighted by atomic mass is 19.1. The van der Waals surface area contributed by atoms with Crippen molar-refractivity contribution < 1.29 is 18.3 Å². The molecule has 0 spiro atoms. The molecule has 0 saturated heterocycles. The summed E-state index contributed by atoms with van der Waals surface area (Å²) in [5, 5.41) is 2.76. The quantitative estimate of drug-likeness (QED) is 0.904. The lowest BCUT2D eigenvalue weighted by Crippen LogP contribution is -2.36. The van der Waals surface area contributed by atoms with Crippen LogP contribution in [0.3, 0.4) is 0 Å². The minimum atomic E-state index is -0.370. The van der Waals surface area contributed by atoms with Crippen molar-refractivity contribution in [1.29, 1.82) is 0 Å². The molecule has 1 heterocycles. The van der Waals surface area contributed by atoms with Gasteiger partial charge in [0, 0.05) is 11.3 Å². The Morgan fingerprint density at radius 1 is 1.25 bits per heavy atom. The van der Waals surface area contributed by atoms with Crippen molar-refractivity contribution in [2.45, 2.75) is 19.9 Å². The largest absolute Gasteiger partial charge is 0.491 e. The molecule has 1 aliphatic heterocycles. The molecule has 2 aromatic carbocycles. The van der Waals surface area contributed by atoms with Gasteiger partial charge in [-0.15, -0.1) is 0 Å². The second-order valence-corrected chi connectivity index (χ2v) is 5.61. The summed E-state index contributed by atoms with van der Waals surface area (Å²) in [6.07, 6.45) is 0.541. The zero-order valence-corrected chi connectivity index (χ0v) is 13.3. The van der Waals surface area contributed by atoms with E-state index in [0.717, 1.165) is 0 Å². The highest BCUT2D eigenvalue weighted by Gasteiger charge is 2.20. The number of amides is 2. The molecule has 1 aliphatic rings. The van der Waals surface area contributed by atoms with Gasteiger partial charge < -0.3 is 15.0 Å². The van der Waals surface area contributed by atoms with Gasteiger partial charge in [-0.05, 0) is 48.4 Å². The number of aryl methyl sites for hydroxylation is 1. The fraction of sp³-hybridized carbons (Fsp3) is 0.278. The van der Waals surface area contributed by atoms with Crippen LogP contribution in [0.1, 0.15) is 18.1 Å². The van der Waals surface area contributed by atoms with Gasteiger partial charge in [0.1, 0.15) is 24.0 Å². The van der Waals surface area contributed by atoms with E-state index in [-0.39, 0.29) is 24.2 Å². The Kier molecular flexibility index (Phi) is 4.64. The smallest absolute Gasteiger partial charge is 0.322 e. The number of ether oxygens (including phenoxy) is 1. The molecular formula is C18H18F2N2O2. The van der Waals surface area contributed by atoms with Gasteiger partial charge >= 0.3 is 6.03 Å². The van der Waals surface area contributed by atoms with Gasteiger partial charge in [0.05, 0.1) is 13.1 Å². The van der Waals surface area contributed by atoms with E-state index in [0.29, 0.717) is 42.1 Å². The van der Waals surface area contributed by atoms with Crippen LogP contribution in [-0.4, -0.2) is 24.1 Å². The highest BCUT2D eigenvalue weighted by molar-refractivity contribution is 5.89. The molecule has 4 nitrogen and oxygen atoms in total. The van der Waals surface area contributed by atoms with Crippen LogP contribution in [0, 0.1) is 11.6 Å². The van der Waals surface area contributed by atoms with E-state index in [1.165, 1.54) is 24.3 Å². The number of urea groups is 1. The Morgan fingerprint density at radius 3 is 2.88 bits per heavy atom. The SMILES string of the molecule is CCc1cc(NC(=O)N2CCOc3ccc(F)cc3C2)ccc1F. The average Bonchev–Trinajstić information content (AvgIpc) is 2.78. The molecular weight excluding hydrogens is 314 g/mol. The van der Waals surface area contributed by atoms with Crippen molar-refractivity contribution in [3.63, 3.8) is 0 Å². The maximum atomic E-state index is 13.5. The van der Waals surface area contributed by atoms with Gasteiger partial charge in [0.25, 0.3) is 0 Å². The summed E-state index contributed by atoms with van der Waals surface area (Å²) in [5.41, 5.74) is 1.69. The van der Waals surface area contributed by atoms with E-state index in [1.54, 1.807) is 17.0 Å². The second kappa shape index (κ2) is 6.86. The van der Waals surface area contributed by atoms with Crippen LogP contribution in [0.15, 0.2) is 36.4 Å². The first-order valence-electron chi connectivity index (χ1n) is 7.82. The van der Waals surface area contributed by atoms with Gasteiger partial charge in [-0.2, -0.15) is 0 Å². The Labute approximate surface area is 139 Å². The molecule has 0 radical (unpaired) electrons. The molecule has 24 heavy (non-hydrogen) atoms. The van der Waals surface area contributed by atoms with Gasteiger partial charge in [-0.25, -0.2) is 13.6 Å². The fourth-order valence-corrected chi connectivity index (χ4v) is 2.66. The summed E-state index contributed by atoms with van der Waals surface area (Å²) in [4.78, 5) is 14.0. The van der Waals surface area contributed by atoms with Gasteiger partial charge in [0.15, 0.2) is 0 Å². The van der Waals surface area contributed by atoms with E-state index in [1.807, 2.05) is 6.92 Å². The number of hydrogen-bond donors (Lipinski definition) is 1. The minimum absolute atomic E-state index is 0.251. The number of hydrogen-bond acceptors (Lipinski definition) is 2. The number of nitrogens with one attached hydrogen (secondary N) is 1. The number of anilines is 1.